The van der Waals surface area contributed by atoms with Crippen LogP contribution in [0.15, 0.2) is 41.6 Å². The van der Waals surface area contributed by atoms with Gasteiger partial charge in [-0.15, -0.1) is 0 Å². The number of imide groups is 1. The average Bonchev–Trinajstić information content (AvgIpc) is 2.90. The van der Waals surface area contributed by atoms with E-state index in [0.29, 0.717) is 4.90 Å². The first-order chi connectivity index (χ1) is 13.2. The Morgan fingerprint density at radius 3 is 2.14 bits per heavy atom. The molecule has 11 heteroatoms. The molecule has 2 aromatic rings. The van der Waals surface area contributed by atoms with Crippen molar-refractivity contribution in [3.63, 3.8) is 0 Å². The van der Waals surface area contributed by atoms with E-state index in [0.717, 1.165) is 0 Å². The third kappa shape index (κ3) is 3.66. The summed E-state index contributed by atoms with van der Waals surface area (Å²) in [6.07, 6.45) is 0. The number of halogens is 4. The Bertz CT molecular complexity index is 1040. The van der Waals surface area contributed by atoms with Crippen LogP contribution in [0.1, 0.15) is 0 Å². The molecule has 1 aliphatic heterocycles. The van der Waals surface area contributed by atoms with Crippen molar-refractivity contribution < 1.29 is 19.6 Å². The third-order valence-corrected chi connectivity index (χ3v) is 5.36. The Labute approximate surface area is 178 Å². The summed E-state index contributed by atoms with van der Waals surface area (Å²) in [5.74, 6) is -4.41. The second-order valence-electron chi connectivity index (χ2n) is 5.61. The molecule has 2 aromatic carbocycles. The highest BCUT2D eigenvalue weighted by molar-refractivity contribution is 6.61. The van der Waals surface area contributed by atoms with Gasteiger partial charge in [0, 0.05) is 5.69 Å². The van der Waals surface area contributed by atoms with E-state index < -0.39 is 29.4 Å². The quantitative estimate of drug-likeness (QED) is 0.309. The normalized spacial score (nSPS) is 18.1. The first-order valence-electron chi connectivity index (χ1n) is 7.55. The molecule has 1 fully saturated rings. The number of carbonyl (C=O) groups excluding carboxylic acids is 3. The molecule has 2 N–H and O–H groups in total. The van der Waals surface area contributed by atoms with E-state index in [9.17, 15) is 19.6 Å². The van der Waals surface area contributed by atoms with Crippen molar-refractivity contribution in [2.45, 2.75) is 0 Å². The predicted molar refractivity (Wildman–Crippen MR) is 107 cm³/mol. The van der Waals surface area contributed by atoms with Crippen LogP contribution in [0.5, 0.6) is 0 Å². The van der Waals surface area contributed by atoms with Gasteiger partial charge in [0.1, 0.15) is 0 Å². The Morgan fingerprint density at radius 1 is 0.964 bits per heavy atom. The summed E-state index contributed by atoms with van der Waals surface area (Å²) in [6, 6.07) is 8.32. The van der Waals surface area contributed by atoms with Crippen molar-refractivity contribution in [1.29, 1.82) is 0 Å². The van der Waals surface area contributed by atoms with Gasteiger partial charge in [-0.2, -0.15) is 0 Å². The number of rotatable bonds is 3. The van der Waals surface area contributed by atoms with Crippen LogP contribution in [0.4, 0.5) is 11.4 Å². The van der Waals surface area contributed by atoms with E-state index in [2.05, 4.69) is 10.5 Å². The molecule has 0 radical (unpaired) electrons. The van der Waals surface area contributed by atoms with Gasteiger partial charge >= 0.3 is 0 Å². The molecule has 1 aliphatic rings. The number of amides is 3. The van der Waals surface area contributed by atoms with Gasteiger partial charge in [0.15, 0.2) is 11.6 Å². The van der Waals surface area contributed by atoms with E-state index in [4.69, 9.17) is 46.4 Å². The Kier molecular flexibility index (Phi) is 5.81. The van der Waals surface area contributed by atoms with Crippen molar-refractivity contribution in [1.82, 2.24) is 0 Å². The van der Waals surface area contributed by atoms with Crippen LogP contribution in [0.3, 0.4) is 0 Å². The maximum absolute atomic E-state index is 12.8. The van der Waals surface area contributed by atoms with Crippen LogP contribution in [0.2, 0.25) is 20.1 Å². The number of hydrogen-bond acceptors (Lipinski definition) is 5. The molecule has 144 valence electrons. The van der Waals surface area contributed by atoms with Gasteiger partial charge < -0.3 is 10.5 Å². The number of oxime groups is 1. The summed E-state index contributed by atoms with van der Waals surface area (Å²) in [5.41, 5.74) is -0.311. The largest absolute Gasteiger partial charge is 0.410 e. The number of carbonyl (C=O) groups is 3. The van der Waals surface area contributed by atoms with Gasteiger partial charge in [-0.25, -0.2) is 4.90 Å². The number of hydrogen-bond donors (Lipinski definition) is 2. The average molecular weight is 461 g/mol. The lowest BCUT2D eigenvalue weighted by Crippen LogP contribution is -2.34. The van der Waals surface area contributed by atoms with Gasteiger partial charge in [-0.3, -0.25) is 14.4 Å². The highest BCUT2D eigenvalue weighted by Gasteiger charge is 2.50. The summed E-state index contributed by atoms with van der Waals surface area (Å²) in [4.78, 5) is 38.6. The molecule has 0 aromatic heterocycles. The van der Waals surface area contributed by atoms with E-state index in [1.54, 1.807) is 0 Å². The van der Waals surface area contributed by atoms with Crippen molar-refractivity contribution in [3.05, 3.63) is 56.5 Å². The fourth-order valence-corrected chi connectivity index (χ4v) is 3.17. The van der Waals surface area contributed by atoms with Crippen LogP contribution in [-0.2, 0) is 14.4 Å². The molecule has 7 nitrogen and oxygen atoms in total. The lowest BCUT2D eigenvalue weighted by molar-refractivity contribution is -0.127. The van der Waals surface area contributed by atoms with Crippen LogP contribution in [0.25, 0.3) is 0 Å². The molecule has 1 atom stereocenters. The SMILES string of the molecule is O=C(Nc1ccc(Cl)c(Cl)c1)[C@@H]1C(=O)N(c2ccc(Cl)c(Cl)c2)C(=O)/C1=N\O. The summed E-state index contributed by atoms with van der Waals surface area (Å²) < 4.78 is 0. The van der Waals surface area contributed by atoms with E-state index in [1.807, 2.05) is 0 Å². The van der Waals surface area contributed by atoms with Gasteiger partial charge in [-0.05, 0) is 36.4 Å². The summed E-state index contributed by atoms with van der Waals surface area (Å²) in [7, 11) is 0. The molecule has 1 heterocycles. The zero-order valence-corrected chi connectivity index (χ0v) is 16.6. The Balaban J connectivity index is 1.93. The van der Waals surface area contributed by atoms with Crippen molar-refractivity contribution >= 4 is 81.2 Å². The third-order valence-electron chi connectivity index (χ3n) is 3.88. The molecule has 0 saturated carbocycles. The first kappa shape index (κ1) is 20.4. The lowest BCUT2D eigenvalue weighted by Gasteiger charge is -2.15. The number of nitrogens with zero attached hydrogens (tertiary/aromatic N) is 2. The molecule has 28 heavy (non-hydrogen) atoms. The molecule has 0 unspecified atom stereocenters. The van der Waals surface area contributed by atoms with Crippen molar-refractivity contribution in [2.75, 3.05) is 10.2 Å². The zero-order chi connectivity index (χ0) is 20.6. The van der Waals surface area contributed by atoms with Crippen molar-refractivity contribution in [2.24, 2.45) is 11.1 Å². The molecule has 3 rings (SSSR count). The van der Waals surface area contributed by atoms with Gasteiger partial charge in [0.2, 0.25) is 5.91 Å². The maximum atomic E-state index is 12.8. The Morgan fingerprint density at radius 2 is 1.57 bits per heavy atom. The summed E-state index contributed by atoms with van der Waals surface area (Å²) in [6.45, 7) is 0. The highest BCUT2D eigenvalue weighted by Crippen LogP contribution is 2.32. The minimum atomic E-state index is -1.67. The van der Waals surface area contributed by atoms with Crippen LogP contribution in [-0.4, -0.2) is 28.6 Å². The molecule has 0 spiro atoms. The van der Waals surface area contributed by atoms with Gasteiger partial charge in [0.25, 0.3) is 11.8 Å². The molecule has 1 saturated heterocycles. The lowest BCUT2D eigenvalue weighted by atomic mass is 10.1. The summed E-state index contributed by atoms with van der Waals surface area (Å²) >= 11 is 23.5. The fourth-order valence-electron chi connectivity index (χ4n) is 2.58. The van der Waals surface area contributed by atoms with Gasteiger partial charge in [-0.1, -0.05) is 51.6 Å². The second-order valence-corrected chi connectivity index (χ2v) is 7.24. The number of benzene rings is 2. The molecule has 0 aliphatic carbocycles. The topological polar surface area (TPSA) is 99.1 Å². The molecular formula is C17H9Cl4N3O4. The first-order valence-corrected chi connectivity index (χ1v) is 9.07. The van der Waals surface area contributed by atoms with Gasteiger partial charge in [0.05, 0.1) is 25.8 Å². The molecule has 0 bridgehead atoms. The molecule has 3 amide bonds. The summed E-state index contributed by atoms with van der Waals surface area (Å²) in [5, 5.41) is 15.3. The van der Waals surface area contributed by atoms with E-state index in [-0.39, 0.29) is 31.5 Å². The van der Waals surface area contributed by atoms with Crippen LogP contribution < -0.4 is 10.2 Å². The minimum Gasteiger partial charge on any atom is -0.410 e. The molecular weight excluding hydrogens is 452 g/mol. The number of anilines is 2. The van der Waals surface area contributed by atoms with E-state index in [1.165, 1.54) is 36.4 Å². The highest BCUT2D eigenvalue weighted by atomic mass is 35.5. The Hall–Kier alpha value is -2.32. The van der Waals surface area contributed by atoms with E-state index >= 15 is 0 Å². The standard InChI is InChI=1S/C17H9Cl4N3O4/c18-9-3-1-7(5-11(9)20)22-15(25)13-14(23-28)17(27)24(16(13)26)8-2-4-10(19)12(21)6-8/h1-6,13,28H,(H,22,25)/b23-14-/t13-/m1/s1. The monoisotopic (exact) mass is 459 g/mol. The fraction of sp³-hybridized carbons (Fsp3) is 0.0588. The minimum absolute atomic E-state index is 0.0791. The van der Waals surface area contributed by atoms with Crippen molar-refractivity contribution in [3.8, 4) is 0 Å². The van der Waals surface area contributed by atoms with Crippen LogP contribution >= 0.6 is 46.4 Å². The zero-order valence-electron chi connectivity index (χ0n) is 13.6. The van der Waals surface area contributed by atoms with Crippen LogP contribution in [0, 0.1) is 5.92 Å². The smallest absolute Gasteiger partial charge is 0.284 e. The maximum Gasteiger partial charge on any atom is 0.284 e. The predicted octanol–water partition coefficient (Wildman–Crippen LogP) is 4.26. The second kappa shape index (κ2) is 7.97. The number of nitrogens with one attached hydrogen (secondary N) is 1.